The van der Waals surface area contributed by atoms with E-state index in [-0.39, 0.29) is 10.8 Å². The maximum atomic E-state index is 13.1. The smallest absolute Gasteiger partial charge is 0.141 e. The highest BCUT2D eigenvalue weighted by molar-refractivity contribution is 6.30. The molecule has 1 aliphatic rings. The molecule has 2 nitrogen and oxygen atoms in total. The molecule has 0 saturated carbocycles. The SMILES string of the molecule is CN(Cc1ccc(F)c(Cl)c1)CC1(C)CCNC1. The van der Waals surface area contributed by atoms with Crippen molar-refractivity contribution >= 4 is 11.6 Å². The van der Waals surface area contributed by atoms with E-state index in [1.807, 2.05) is 0 Å². The number of benzene rings is 1. The van der Waals surface area contributed by atoms with Crippen molar-refractivity contribution in [3.63, 3.8) is 0 Å². The van der Waals surface area contributed by atoms with Gasteiger partial charge < -0.3 is 10.2 Å². The lowest BCUT2D eigenvalue weighted by molar-refractivity contribution is 0.203. The van der Waals surface area contributed by atoms with Crippen LogP contribution < -0.4 is 5.32 Å². The molecule has 0 amide bonds. The molecule has 2 rings (SSSR count). The number of hydrogen-bond donors (Lipinski definition) is 1. The molecule has 1 aliphatic heterocycles. The Morgan fingerprint density at radius 1 is 1.50 bits per heavy atom. The summed E-state index contributed by atoms with van der Waals surface area (Å²) in [5.74, 6) is -0.352. The van der Waals surface area contributed by atoms with Crippen LogP contribution in [0.3, 0.4) is 0 Å². The zero-order valence-electron chi connectivity index (χ0n) is 11.0. The van der Waals surface area contributed by atoms with E-state index in [0.29, 0.717) is 5.41 Å². The van der Waals surface area contributed by atoms with Crippen molar-refractivity contribution in [3.8, 4) is 0 Å². The summed E-state index contributed by atoms with van der Waals surface area (Å²) >= 11 is 5.79. The van der Waals surface area contributed by atoms with Gasteiger partial charge in [-0.1, -0.05) is 24.6 Å². The van der Waals surface area contributed by atoms with E-state index in [1.54, 1.807) is 12.1 Å². The first-order valence-electron chi connectivity index (χ1n) is 6.32. The Morgan fingerprint density at radius 3 is 2.89 bits per heavy atom. The van der Waals surface area contributed by atoms with E-state index in [9.17, 15) is 4.39 Å². The molecule has 0 spiro atoms. The number of nitrogens with one attached hydrogen (secondary N) is 1. The van der Waals surface area contributed by atoms with Crippen LogP contribution in [0.4, 0.5) is 4.39 Å². The third-order valence-electron chi connectivity index (χ3n) is 3.55. The van der Waals surface area contributed by atoms with Crippen LogP contribution in [-0.4, -0.2) is 31.6 Å². The highest BCUT2D eigenvalue weighted by Crippen LogP contribution is 2.26. The average molecular weight is 271 g/mol. The fourth-order valence-electron chi connectivity index (χ4n) is 2.66. The van der Waals surface area contributed by atoms with Crippen LogP contribution in [0.2, 0.25) is 5.02 Å². The Bertz CT molecular complexity index is 416. The molecular weight excluding hydrogens is 251 g/mol. The molecule has 0 aromatic heterocycles. The van der Waals surface area contributed by atoms with Crippen molar-refractivity contribution in [1.29, 1.82) is 0 Å². The van der Waals surface area contributed by atoms with E-state index < -0.39 is 0 Å². The van der Waals surface area contributed by atoms with Gasteiger partial charge in [-0.25, -0.2) is 4.39 Å². The number of halogens is 2. The fraction of sp³-hybridized carbons (Fsp3) is 0.571. The third kappa shape index (κ3) is 3.44. The van der Waals surface area contributed by atoms with Gasteiger partial charge in [0.2, 0.25) is 0 Å². The summed E-state index contributed by atoms with van der Waals surface area (Å²) in [4.78, 5) is 2.27. The molecular formula is C14H20ClFN2. The first kappa shape index (κ1) is 13.8. The first-order chi connectivity index (χ1) is 8.48. The van der Waals surface area contributed by atoms with Crippen molar-refractivity contribution in [1.82, 2.24) is 10.2 Å². The molecule has 1 heterocycles. The predicted octanol–water partition coefficient (Wildman–Crippen LogP) is 2.91. The summed E-state index contributed by atoms with van der Waals surface area (Å²) in [6.07, 6.45) is 1.21. The number of rotatable bonds is 4. The van der Waals surface area contributed by atoms with Crippen LogP contribution in [0.5, 0.6) is 0 Å². The second-order valence-corrected chi connectivity index (χ2v) is 6.07. The topological polar surface area (TPSA) is 15.3 Å². The summed E-state index contributed by atoms with van der Waals surface area (Å²) in [6.45, 7) is 6.32. The van der Waals surface area contributed by atoms with Gasteiger partial charge in [0.05, 0.1) is 5.02 Å². The average Bonchev–Trinajstić information content (AvgIpc) is 2.70. The molecule has 100 valence electrons. The van der Waals surface area contributed by atoms with Gasteiger partial charge >= 0.3 is 0 Å². The molecule has 1 fully saturated rings. The molecule has 1 saturated heterocycles. The van der Waals surface area contributed by atoms with Crippen LogP contribution in [0.25, 0.3) is 0 Å². The van der Waals surface area contributed by atoms with E-state index in [4.69, 9.17) is 11.6 Å². The van der Waals surface area contributed by atoms with Crippen molar-refractivity contribution < 1.29 is 4.39 Å². The van der Waals surface area contributed by atoms with Gasteiger partial charge in [0.25, 0.3) is 0 Å². The summed E-state index contributed by atoms with van der Waals surface area (Å²) in [5, 5.41) is 3.60. The Kier molecular flexibility index (Phi) is 4.25. The van der Waals surface area contributed by atoms with Crippen molar-refractivity contribution in [3.05, 3.63) is 34.6 Å². The van der Waals surface area contributed by atoms with Gasteiger partial charge in [-0.15, -0.1) is 0 Å². The van der Waals surface area contributed by atoms with Crippen LogP contribution in [-0.2, 0) is 6.54 Å². The molecule has 18 heavy (non-hydrogen) atoms. The van der Waals surface area contributed by atoms with Gasteiger partial charge in [0, 0.05) is 19.6 Å². The van der Waals surface area contributed by atoms with E-state index >= 15 is 0 Å². The molecule has 1 atom stereocenters. The normalized spacial score (nSPS) is 23.8. The van der Waals surface area contributed by atoms with Crippen molar-refractivity contribution in [2.45, 2.75) is 19.9 Å². The largest absolute Gasteiger partial charge is 0.316 e. The fourth-order valence-corrected chi connectivity index (χ4v) is 2.86. The Labute approximate surface area is 113 Å². The minimum Gasteiger partial charge on any atom is -0.316 e. The predicted molar refractivity (Wildman–Crippen MR) is 73.3 cm³/mol. The molecule has 4 heteroatoms. The van der Waals surface area contributed by atoms with E-state index in [2.05, 4.69) is 24.2 Å². The highest BCUT2D eigenvalue weighted by atomic mass is 35.5. The summed E-state index contributed by atoms with van der Waals surface area (Å²) in [6, 6.07) is 4.94. The minimum absolute atomic E-state index is 0.203. The second-order valence-electron chi connectivity index (χ2n) is 5.66. The molecule has 1 N–H and O–H groups in total. The maximum absolute atomic E-state index is 13.1. The zero-order valence-corrected chi connectivity index (χ0v) is 11.7. The number of nitrogens with zero attached hydrogens (tertiary/aromatic N) is 1. The van der Waals surface area contributed by atoms with Crippen LogP contribution in [0.15, 0.2) is 18.2 Å². The highest BCUT2D eigenvalue weighted by Gasteiger charge is 2.29. The van der Waals surface area contributed by atoms with Gasteiger partial charge in [-0.3, -0.25) is 0 Å². The maximum Gasteiger partial charge on any atom is 0.141 e. The Balaban J connectivity index is 1.94. The second kappa shape index (κ2) is 5.55. The lowest BCUT2D eigenvalue weighted by Crippen LogP contribution is -2.34. The van der Waals surface area contributed by atoms with E-state index in [0.717, 1.165) is 31.7 Å². The first-order valence-corrected chi connectivity index (χ1v) is 6.69. The van der Waals surface area contributed by atoms with Gasteiger partial charge in [0.15, 0.2) is 0 Å². The van der Waals surface area contributed by atoms with Crippen LogP contribution in [0, 0.1) is 11.2 Å². The van der Waals surface area contributed by atoms with Gasteiger partial charge in [-0.05, 0) is 43.1 Å². The quantitative estimate of drug-likeness (QED) is 0.905. The molecule has 1 aromatic carbocycles. The monoisotopic (exact) mass is 270 g/mol. The molecule has 0 aliphatic carbocycles. The summed E-state index contributed by atoms with van der Waals surface area (Å²) in [5.41, 5.74) is 1.40. The van der Waals surface area contributed by atoms with E-state index in [1.165, 1.54) is 12.5 Å². The van der Waals surface area contributed by atoms with Crippen LogP contribution in [0.1, 0.15) is 18.9 Å². The minimum atomic E-state index is -0.352. The lowest BCUT2D eigenvalue weighted by Gasteiger charge is -2.29. The third-order valence-corrected chi connectivity index (χ3v) is 3.83. The standard InChI is InChI=1S/C14H20ClFN2/c1-14(5-6-17-9-14)10-18(2)8-11-3-4-13(16)12(15)7-11/h3-4,7,17H,5-6,8-10H2,1-2H3. The molecule has 1 unspecified atom stereocenters. The summed E-state index contributed by atoms with van der Waals surface area (Å²) < 4.78 is 13.1. The molecule has 0 radical (unpaired) electrons. The van der Waals surface area contributed by atoms with Crippen molar-refractivity contribution in [2.24, 2.45) is 5.41 Å². The summed E-state index contributed by atoms with van der Waals surface area (Å²) in [7, 11) is 2.10. The Morgan fingerprint density at radius 2 is 2.28 bits per heavy atom. The lowest BCUT2D eigenvalue weighted by atomic mass is 9.89. The zero-order chi connectivity index (χ0) is 13.2. The Hall–Kier alpha value is -0.640. The van der Waals surface area contributed by atoms with Gasteiger partial charge in [-0.2, -0.15) is 0 Å². The van der Waals surface area contributed by atoms with Crippen LogP contribution >= 0.6 is 11.6 Å². The number of hydrogen-bond acceptors (Lipinski definition) is 2. The van der Waals surface area contributed by atoms with Crippen molar-refractivity contribution in [2.75, 3.05) is 26.7 Å². The molecule has 0 bridgehead atoms. The van der Waals surface area contributed by atoms with Gasteiger partial charge in [0.1, 0.15) is 5.82 Å². The molecule has 1 aromatic rings.